The van der Waals surface area contributed by atoms with Gasteiger partial charge in [-0.15, -0.1) is 6.58 Å². The zero-order valence-electron chi connectivity index (χ0n) is 20.8. The van der Waals surface area contributed by atoms with Crippen LogP contribution in [0.2, 0.25) is 10.0 Å². The maximum Gasteiger partial charge on any atom is 0.229 e. The van der Waals surface area contributed by atoms with Crippen molar-refractivity contribution in [3.05, 3.63) is 82.4 Å². The minimum Gasteiger partial charge on any atom is -0.330 e. The molecule has 1 saturated carbocycles. The lowest BCUT2D eigenvalue weighted by atomic mass is 9.67. The van der Waals surface area contributed by atoms with Gasteiger partial charge in [-0.1, -0.05) is 60.5 Å². The van der Waals surface area contributed by atoms with Gasteiger partial charge >= 0.3 is 0 Å². The molecule has 1 aliphatic heterocycles. The van der Waals surface area contributed by atoms with Crippen molar-refractivity contribution in [2.75, 3.05) is 12.3 Å². The van der Waals surface area contributed by atoms with E-state index in [0.29, 0.717) is 22.9 Å². The second-order valence-electron chi connectivity index (χ2n) is 10.3. The van der Waals surface area contributed by atoms with Gasteiger partial charge in [0.2, 0.25) is 15.9 Å². The summed E-state index contributed by atoms with van der Waals surface area (Å²) in [7, 11) is -3.41. The number of carbonyl (C=O) groups is 1. The monoisotopic (exact) mass is 548 g/mol. The number of amides is 1. The molecule has 1 aliphatic carbocycles. The summed E-state index contributed by atoms with van der Waals surface area (Å²) in [5, 5.41) is 1.27. The van der Waals surface area contributed by atoms with Crippen LogP contribution in [0.3, 0.4) is 0 Å². The predicted molar refractivity (Wildman–Crippen MR) is 147 cm³/mol. The average molecular weight is 550 g/mol. The van der Waals surface area contributed by atoms with Gasteiger partial charge in [0.1, 0.15) is 0 Å². The van der Waals surface area contributed by atoms with Gasteiger partial charge in [0.15, 0.2) is 0 Å². The Morgan fingerprint density at radius 3 is 2.42 bits per heavy atom. The number of hydrogen-bond donors (Lipinski definition) is 1. The summed E-state index contributed by atoms with van der Waals surface area (Å²) in [6.45, 7) is 7.75. The number of likely N-dealkylation sites (tertiary alicyclic amines) is 1. The summed E-state index contributed by atoms with van der Waals surface area (Å²) in [5.74, 6) is 0.234. The Morgan fingerprint density at radius 1 is 1.14 bits per heavy atom. The SMILES string of the molecule is C=CC[C@@]1(C)C[C@H](c2cccc(Cl)c2)C(c2ccc(Cl)cc2)N([C@H](CNS(=O)(=O)CC)C2CC2)C1=O. The van der Waals surface area contributed by atoms with E-state index in [-0.39, 0.29) is 42.1 Å². The molecule has 8 heteroatoms. The number of halogens is 2. The maximum absolute atomic E-state index is 14.3. The number of piperidine rings is 1. The molecular weight excluding hydrogens is 515 g/mol. The molecule has 36 heavy (non-hydrogen) atoms. The van der Waals surface area contributed by atoms with Crippen LogP contribution in [0.4, 0.5) is 0 Å². The van der Waals surface area contributed by atoms with Crippen molar-refractivity contribution < 1.29 is 13.2 Å². The number of hydrogen-bond acceptors (Lipinski definition) is 3. The fourth-order valence-corrected chi connectivity index (χ4v) is 6.49. The quantitative estimate of drug-likeness (QED) is 0.351. The fraction of sp³-hybridized carbons (Fsp3) is 0.464. The van der Waals surface area contributed by atoms with Crippen LogP contribution in [0, 0.1) is 11.3 Å². The van der Waals surface area contributed by atoms with Gasteiger partial charge in [-0.2, -0.15) is 0 Å². The van der Waals surface area contributed by atoms with Crippen LogP contribution in [0.15, 0.2) is 61.2 Å². The third kappa shape index (κ3) is 5.83. The highest BCUT2D eigenvalue weighted by Gasteiger charge is 2.53. The first-order chi connectivity index (χ1) is 17.1. The molecule has 2 fully saturated rings. The Bertz CT molecular complexity index is 1210. The number of nitrogens with zero attached hydrogens (tertiary/aromatic N) is 1. The molecule has 1 saturated heterocycles. The van der Waals surface area contributed by atoms with E-state index >= 15 is 0 Å². The number of allylic oxidation sites excluding steroid dienone is 1. The van der Waals surface area contributed by atoms with Gasteiger partial charge in [0, 0.05) is 28.5 Å². The van der Waals surface area contributed by atoms with E-state index in [1.54, 1.807) is 13.0 Å². The highest BCUT2D eigenvalue weighted by atomic mass is 35.5. The minimum absolute atomic E-state index is 0.00172. The van der Waals surface area contributed by atoms with E-state index < -0.39 is 15.4 Å². The van der Waals surface area contributed by atoms with Crippen LogP contribution in [0.5, 0.6) is 0 Å². The van der Waals surface area contributed by atoms with E-state index in [9.17, 15) is 13.2 Å². The van der Waals surface area contributed by atoms with Crippen LogP contribution in [0.25, 0.3) is 0 Å². The number of carbonyl (C=O) groups excluding carboxylic acids is 1. The zero-order valence-corrected chi connectivity index (χ0v) is 23.1. The third-order valence-corrected chi connectivity index (χ3v) is 9.45. The number of sulfonamides is 1. The standard InChI is InChI=1S/C28H34Cl2N2O3S/c1-4-15-28(3)17-24(21-7-6-8-23(30)16-21)26(20-11-13-22(29)14-12-20)32(27(28)33)25(19-9-10-19)18-31-36(34,35)5-2/h4,6-8,11-14,16,19,24-26,31H,1,5,9-10,15,17-18H2,2-3H3/t24-,25-,26?,28+/m1/s1. The number of benzene rings is 2. The first kappa shape index (κ1) is 27.2. The first-order valence-electron chi connectivity index (χ1n) is 12.5. The average Bonchev–Trinajstić information content (AvgIpc) is 3.68. The topological polar surface area (TPSA) is 66.5 Å². The van der Waals surface area contributed by atoms with E-state index in [4.69, 9.17) is 23.2 Å². The zero-order chi connectivity index (χ0) is 26.1. The minimum atomic E-state index is -3.41. The molecule has 0 radical (unpaired) electrons. The molecule has 1 unspecified atom stereocenters. The third-order valence-electron chi connectivity index (χ3n) is 7.60. The molecular formula is C28H34Cl2N2O3S. The van der Waals surface area contributed by atoms with E-state index in [1.807, 2.05) is 54.3 Å². The van der Waals surface area contributed by atoms with Gasteiger partial charge in [-0.25, -0.2) is 13.1 Å². The molecule has 5 nitrogen and oxygen atoms in total. The van der Waals surface area contributed by atoms with Crippen molar-refractivity contribution in [1.29, 1.82) is 0 Å². The molecule has 4 rings (SSSR count). The van der Waals surface area contributed by atoms with Gasteiger partial charge < -0.3 is 4.90 Å². The molecule has 194 valence electrons. The van der Waals surface area contributed by atoms with E-state index in [2.05, 4.69) is 17.4 Å². The van der Waals surface area contributed by atoms with Crippen molar-refractivity contribution in [3.63, 3.8) is 0 Å². The molecule has 1 heterocycles. The van der Waals surface area contributed by atoms with Crippen molar-refractivity contribution in [2.24, 2.45) is 11.3 Å². The molecule has 0 spiro atoms. The predicted octanol–water partition coefficient (Wildman–Crippen LogP) is 6.35. The second kappa shape index (κ2) is 10.9. The highest BCUT2D eigenvalue weighted by Crippen LogP contribution is 2.54. The Balaban J connectivity index is 1.87. The molecule has 0 bridgehead atoms. The van der Waals surface area contributed by atoms with Crippen molar-refractivity contribution >= 4 is 39.1 Å². The first-order valence-corrected chi connectivity index (χ1v) is 14.9. The molecule has 0 aromatic heterocycles. The van der Waals surface area contributed by atoms with Gasteiger partial charge in [-0.3, -0.25) is 4.79 Å². The summed E-state index contributed by atoms with van der Waals surface area (Å²) < 4.78 is 27.6. The van der Waals surface area contributed by atoms with Crippen molar-refractivity contribution in [3.8, 4) is 0 Å². The number of rotatable bonds is 10. The maximum atomic E-state index is 14.3. The van der Waals surface area contributed by atoms with E-state index in [0.717, 1.165) is 24.0 Å². The summed E-state index contributed by atoms with van der Waals surface area (Å²) in [5.41, 5.74) is 1.36. The van der Waals surface area contributed by atoms with Crippen molar-refractivity contribution in [2.45, 2.75) is 57.5 Å². The lowest BCUT2D eigenvalue weighted by molar-refractivity contribution is -0.155. The summed E-state index contributed by atoms with van der Waals surface area (Å²) >= 11 is 12.7. The summed E-state index contributed by atoms with van der Waals surface area (Å²) in [6.07, 6.45) is 4.90. The van der Waals surface area contributed by atoms with Gasteiger partial charge in [-0.05, 0) is 73.9 Å². The van der Waals surface area contributed by atoms with E-state index in [1.165, 1.54) is 0 Å². The lowest BCUT2D eigenvalue weighted by Gasteiger charge is -2.52. The number of nitrogens with one attached hydrogen (secondary N) is 1. The molecule has 1 N–H and O–H groups in total. The van der Waals surface area contributed by atoms with Crippen LogP contribution in [-0.2, 0) is 14.8 Å². The smallest absolute Gasteiger partial charge is 0.229 e. The highest BCUT2D eigenvalue weighted by molar-refractivity contribution is 7.89. The molecule has 2 aromatic carbocycles. The van der Waals surface area contributed by atoms with Gasteiger partial charge in [0.05, 0.1) is 17.2 Å². The summed E-state index contributed by atoms with van der Waals surface area (Å²) in [6, 6.07) is 14.9. The normalized spacial score (nSPS) is 25.6. The Morgan fingerprint density at radius 2 is 1.83 bits per heavy atom. The molecule has 2 aliphatic rings. The fourth-order valence-electron chi connectivity index (χ4n) is 5.54. The molecule has 1 amide bonds. The second-order valence-corrected chi connectivity index (χ2v) is 13.3. The van der Waals surface area contributed by atoms with Crippen molar-refractivity contribution in [1.82, 2.24) is 9.62 Å². The molecule has 4 atom stereocenters. The molecule has 2 aromatic rings. The lowest BCUT2D eigenvalue weighted by Crippen LogP contribution is -2.58. The summed E-state index contributed by atoms with van der Waals surface area (Å²) in [4.78, 5) is 16.3. The largest absolute Gasteiger partial charge is 0.330 e. The van der Waals surface area contributed by atoms with Crippen LogP contribution < -0.4 is 4.72 Å². The van der Waals surface area contributed by atoms with Crippen LogP contribution in [-0.4, -0.2) is 37.6 Å². The Labute approximate surface area is 224 Å². The Kier molecular flexibility index (Phi) is 8.20. The Hall–Kier alpha value is -1.86. The van der Waals surface area contributed by atoms with Crippen LogP contribution in [0.1, 0.15) is 62.6 Å². The van der Waals surface area contributed by atoms with Crippen LogP contribution >= 0.6 is 23.2 Å². The van der Waals surface area contributed by atoms with Gasteiger partial charge in [0.25, 0.3) is 0 Å².